The molecule has 0 unspecified atom stereocenters. The SMILES string of the molecule is O=C(CSCc1ccccc1)NCC#CCOc1ccc(F)cc1F. The monoisotopic (exact) mass is 361 g/mol. The van der Waals surface area contributed by atoms with Gasteiger partial charge in [0.2, 0.25) is 5.91 Å². The van der Waals surface area contributed by atoms with E-state index in [0.717, 1.165) is 17.9 Å². The largest absolute Gasteiger partial charge is 0.478 e. The third kappa shape index (κ3) is 7.27. The Kier molecular flexibility index (Phi) is 7.80. The van der Waals surface area contributed by atoms with Crippen LogP contribution in [0.25, 0.3) is 0 Å². The van der Waals surface area contributed by atoms with Crippen molar-refractivity contribution in [1.82, 2.24) is 5.32 Å². The Morgan fingerprint density at radius 3 is 2.68 bits per heavy atom. The first-order valence-electron chi connectivity index (χ1n) is 7.57. The van der Waals surface area contributed by atoms with Crippen LogP contribution in [0.4, 0.5) is 8.78 Å². The number of hydrogen-bond donors (Lipinski definition) is 1. The number of nitrogens with one attached hydrogen (secondary N) is 1. The minimum absolute atomic E-state index is 0.0405. The molecule has 0 aromatic heterocycles. The number of thioether (sulfide) groups is 1. The third-order valence-electron chi connectivity index (χ3n) is 3.04. The van der Waals surface area contributed by atoms with E-state index in [-0.39, 0.29) is 24.8 Å². The molecule has 2 rings (SSSR count). The van der Waals surface area contributed by atoms with Crippen molar-refractivity contribution in [1.29, 1.82) is 0 Å². The van der Waals surface area contributed by atoms with Crippen molar-refractivity contribution in [3.05, 3.63) is 65.7 Å². The highest BCUT2D eigenvalue weighted by Crippen LogP contribution is 2.17. The van der Waals surface area contributed by atoms with Gasteiger partial charge in [-0.05, 0) is 17.7 Å². The van der Waals surface area contributed by atoms with Gasteiger partial charge in [-0.3, -0.25) is 4.79 Å². The fourth-order valence-corrected chi connectivity index (χ4v) is 2.67. The van der Waals surface area contributed by atoms with E-state index < -0.39 is 11.6 Å². The molecule has 130 valence electrons. The zero-order valence-corrected chi connectivity index (χ0v) is 14.2. The Labute approximate surface area is 149 Å². The zero-order chi connectivity index (χ0) is 17.9. The van der Waals surface area contributed by atoms with Gasteiger partial charge in [-0.15, -0.1) is 11.8 Å². The van der Waals surface area contributed by atoms with Crippen LogP contribution in [-0.4, -0.2) is 24.8 Å². The summed E-state index contributed by atoms with van der Waals surface area (Å²) in [4.78, 5) is 11.6. The van der Waals surface area contributed by atoms with Crippen LogP contribution in [0.15, 0.2) is 48.5 Å². The Morgan fingerprint density at radius 2 is 1.92 bits per heavy atom. The standard InChI is InChI=1S/C19H17F2NO2S/c20-16-8-9-18(17(21)12-16)24-11-5-4-10-22-19(23)14-25-13-15-6-2-1-3-7-15/h1-3,6-9,12H,10-11,13-14H2,(H,22,23). The molecule has 0 saturated heterocycles. The van der Waals surface area contributed by atoms with E-state index in [1.807, 2.05) is 30.3 Å². The predicted molar refractivity (Wildman–Crippen MR) is 95.2 cm³/mol. The van der Waals surface area contributed by atoms with E-state index in [9.17, 15) is 13.6 Å². The van der Waals surface area contributed by atoms with Crippen LogP contribution in [0, 0.1) is 23.5 Å². The Morgan fingerprint density at radius 1 is 1.12 bits per heavy atom. The van der Waals surface area contributed by atoms with Crippen molar-refractivity contribution >= 4 is 17.7 Å². The van der Waals surface area contributed by atoms with Crippen molar-refractivity contribution in [3.63, 3.8) is 0 Å². The molecule has 0 saturated carbocycles. The average molecular weight is 361 g/mol. The molecule has 1 N–H and O–H groups in total. The summed E-state index contributed by atoms with van der Waals surface area (Å²) in [5, 5.41) is 2.67. The van der Waals surface area contributed by atoms with E-state index >= 15 is 0 Å². The van der Waals surface area contributed by atoms with Crippen LogP contribution in [0.5, 0.6) is 5.75 Å². The van der Waals surface area contributed by atoms with Crippen LogP contribution in [0.3, 0.4) is 0 Å². The number of hydrogen-bond acceptors (Lipinski definition) is 3. The van der Waals surface area contributed by atoms with Crippen LogP contribution in [0.2, 0.25) is 0 Å². The molecule has 25 heavy (non-hydrogen) atoms. The van der Waals surface area contributed by atoms with Gasteiger partial charge < -0.3 is 10.1 Å². The van der Waals surface area contributed by atoms with Gasteiger partial charge in [-0.25, -0.2) is 8.78 Å². The summed E-state index contributed by atoms with van der Waals surface area (Å²) in [5.74, 6) is 4.91. The number of carbonyl (C=O) groups is 1. The quantitative estimate of drug-likeness (QED) is 0.768. The zero-order valence-electron chi connectivity index (χ0n) is 13.4. The van der Waals surface area contributed by atoms with E-state index in [1.54, 1.807) is 0 Å². The Hall–Kier alpha value is -2.52. The lowest BCUT2D eigenvalue weighted by molar-refractivity contribution is -0.118. The highest BCUT2D eigenvalue weighted by Gasteiger charge is 2.03. The molecule has 0 radical (unpaired) electrons. The summed E-state index contributed by atoms with van der Waals surface area (Å²) in [6, 6.07) is 13.0. The number of carbonyl (C=O) groups excluding carboxylic acids is 1. The highest BCUT2D eigenvalue weighted by molar-refractivity contribution is 7.99. The minimum Gasteiger partial charge on any atom is -0.478 e. The maximum atomic E-state index is 13.3. The van der Waals surface area contributed by atoms with Crippen LogP contribution < -0.4 is 10.1 Å². The summed E-state index contributed by atoms with van der Waals surface area (Å²) < 4.78 is 31.1. The van der Waals surface area contributed by atoms with Gasteiger partial charge in [0.25, 0.3) is 0 Å². The molecule has 0 aliphatic carbocycles. The van der Waals surface area contributed by atoms with Crippen molar-refractivity contribution in [2.45, 2.75) is 5.75 Å². The van der Waals surface area contributed by atoms with E-state index in [1.165, 1.54) is 23.4 Å². The second-order valence-corrected chi connectivity index (χ2v) is 5.96. The number of amides is 1. The molecule has 0 fully saturated rings. The molecular formula is C19H17F2NO2S. The molecule has 6 heteroatoms. The average Bonchev–Trinajstić information content (AvgIpc) is 2.60. The molecule has 0 aliphatic rings. The molecule has 0 atom stereocenters. The van der Waals surface area contributed by atoms with Crippen molar-refractivity contribution in [2.24, 2.45) is 0 Å². The molecule has 3 nitrogen and oxygen atoms in total. The molecule has 0 aliphatic heterocycles. The lowest BCUT2D eigenvalue weighted by Crippen LogP contribution is -2.25. The number of benzene rings is 2. The molecular weight excluding hydrogens is 344 g/mol. The molecule has 2 aromatic rings. The lowest BCUT2D eigenvalue weighted by Gasteiger charge is -2.03. The maximum absolute atomic E-state index is 13.3. The third-order valence-corrected chi connectivity index (χ3v) is 4.04. The second-order valence-electron chi connectivity index (χ2n) is 4.97. The van der Waals surface area contributed by atoms with Gasteiger partial charge in [-0.1, -0.05) is 42.2 Å². The first kappa shape index (κ1) is 18.8. The molecule has 0 bridgehead atoms. The maximum Gasteiger partial charge on any atom is 0.230 e. The molecule has 0 heterocycles. The summed E-state index contributed by atoms with van der Waals surface area (Å²) >= 11 is 1.53. The van der Waals surface area contributed by atoms with Crippen LogP contribution in [-0.2, 0) is 10.5 Å². The first-order valence-corrected chi connectivity index (χ1v) is 8.72. The summed E-state index contributed by atoms with van der Waals surface area (Å²) in [6.45, 7) is 0.154. The van der Waals surface area contributed by atoms with E-state index in [0.29, 0.717) is 5.75 Å². The molecule has 0 spiro atoms. The Balaban J connectivity index is 1.59. The molecule has 1 amide bonds. The summed E-state index contributed by atoms with van der Waals surface area (Å²) in [6.07, 6.45) is 0. The van der Waals surface area contributed by atoms with Crippen molar-refractivity contribution in [2.75, 3.05) is 18.9 Å². The van der Waals surface area contributed by atoms with Crippen LogP contribution >= 0.6 is 11.8 Å². The van der Waals surface area contributed by atoms with Crippen molar-refractivity contribution in [3.8, 4) is 17.6 Å². The smallest absolute Gasteiger partial charge is 0.230 e. The first-order chi connectivity index (χ1) is 12.1. The van der Waals surface area contributed by atoms with Gasteiger partial charge in [-0.2, -0.15) is 0 Å². The van der Waals surface area contributed by atoms with E-state index in [2.05, 4.69) is 17.2 Å². The lowest BCUT2D eigenvalue weighted by atomic mass is 10.2. The Bertz CT molecular complexity index is 757. The highest BCUT2D eigenvalue weighted by atomic mass is 32.2. The fraction of sp³-hybridized carbons (Fsp3) is 0.211. The summed E-state index contributed by atoms with van der Waals surface area (Å²) in [7, 11) is 0. The van der Waals surface area contributed by atoms with Gasteiger partial charge in [0.1, 0.15) is 12.4 Å². The van der Waals surface area contributed by atoms with Crippen molar-refractivity contribution < 1.29 is 18.3 Å². The number of ether oxygens (including phenoxy) is 1. The van der Waals surface area contributed by atoms with Gasteiger partial charge >= 0.3 is 0 Å². The minimum atomic E-state index is -0.773. The van der Waals surface area contributed by atoms with Gasteiger partial charge in [0, 0.05) is 11.8 Å². The predicted octanol–water partition coefficient (Wildman–Crippen LogP) is 3.40. The van der Waals surface area contributed by atoms with Gasteiger partial charge in [0.05, 0.1) is 12.3 Å². The summed E-state index contributed by atoms with van der Waals surface area (Å²) in [5.41, 5.74) is 1.17. The number of halogens is 2. The fourth-order valence-electron chi connectivity index (χ4n) is 1.85. The molecule has 2 aromatic carbocycles. The van der Waals surface area contributed by atoms with Crippen LogP contribution in [0.1, 0.15) is 5.56 Å². The normalized spacial score (nSPS) is 9.84. The van der Waals surface area contributed by atoms with Gasteiger partial charge in [0.15, 0.2) is 11.6 Å². The van der Waals surface area contributed by atoms with E-state index in [4.69, 9.17) is 4.74 Å². The number of rotatable bonds is 7. The second kappa shape index (κ2) is 10.4. The topological polar surface area (TPSA) is 38.3 Å².